The minimum atomic E-state index is -1.09. The summed E-state index contributed by atoms with van der Waals surface area (Å²) in [7, 11) is 1.47. The van der Waals surface area contributed by atoms with Crippen LogP contribution in [0, 0.1) is 0 Å². The monoisotopic (exact) mass is 260 g/mol. The molecular weight excluding hydrogens is 248 g/mol. The molecule has 0 aliphatic rings. The zero-order chi connectivity index (χ0) is 14.0. The Morgan fingerprint density at radius 3 is 2.68 bits per heavy atom. The standard InChI is InChI=1S/C13H12N2O4/c1-7(16)14-11-6-9(13(17)18)8-4-3-5-10(19-2)12(8)15-11/h3-6H,1-2H3,(H,17,18)(H,14,15,16). The maximum atomic E-state index is 11.3. The molecule has 2 aromatic rings. The highest BCUT2D eigenvalue weighted by Gasteiger charge is 2.14. The predicted molar refractivity (Wildman–Crippen MR) is 69.6 cm³/mol. The number of aromatic nitrogens is 1. The lowest BCUT2D eigenvalue weighted by atomic mass is 10.1. The Labute approximate surface area is 109 Å². The molecule has 0 radical (unpaired) electrons. The molecule has 6 nitrogen and oxygen atoms in total. The number of nitrogens with zero attached hydrogens (tertiary/aromatic N) is 1. The quantitative estimate of drug-likeness (QED) is 0.879. The number of methoxy groups -OCH3 is 1. The molecule has 1 amide bonds. The minimum absolute atomic E-state index is 0.0626. The van der Waals surface area contributed by atoms with Crippen molar-refractivity contribution >= 4 is 28.6 Å². The number of aromatic carboxylic acids is 1. The summed E-state index contributed by atoms with van der Waals surface area (Å²) < 4.78 is 5.15. The van der Waals surface area contributed by atoms with Crippen LogP contribution in [0.2, 0.25) is 0 Å². The van der Waals surface area contributed by atoms with Crippen LogP contribution in [-0.4, -0.2) is 29.1 Å². The molecule has 0 aliphatic carbocycles. The van der Waals surface area contributed by atoms with Crippen LogP contribution in [0.5, 0.6) is 5.75 Å². The summed E-state index contributed by atoms with van der Waals surface area (Å²) in [5, 5.41) is 12.2. The van der Waals surface area contributed by atoms with Crippen LogP contribution in [0.3, 0.4) is 0 Å². The fraction of sp³-hybridized carbons (Fsp3) is 0.154. The van der Waals surface area contributed by atoms with Gasteiger partial charge in [-0.25, -0.2) is 9.78 Å². The third kappa shape index (κ3) is 2.47. The highest BCUT2D eigenvalue weighted by Crippen LogP contribution is 2.28. The number of rotatable bonds is 3. The number of carboxylic acids is 1. The van der Waals surface area contributed by atoms with Gasteiger partial charge in [0.05, 0.1) is 12.7 Å². The molecule has 0 spiro atoms. The summed E-state index contributed by atoms with van der Waals surface area (Å²) >= 11 is 0. The van der Waals surface area contributed by atoms with Crippen molar-refractivity contribution in [1.82, 2.24) is 4.98 Å². The second-order valence-corrected chi connectivity index (χ2v) is 3.90. The van der Waals surface area contributed by atoms with E-state index in [1.165, 1.54) is 20.1 Å². The first-order valence-electron chi connectivity index (χ1n) is 5.51. The Kier molecular flexibility index (Phi) is 3.33. The Morgan fingerprint density at radius 1 is 1.37 bits per heavy atom. The van der Waals surface area contributed by atoms with Crippen molar-refractivity contribution in [2.75, 3.05) is 12.4 Å². The van der Waals surface area contributed by atoms with Gasteiger partial charge in [0.2, 0.25) is 5.91 Å². The third-order valence-corrected chi connectivity index (χ3v) is 2.56. The number of hydrogen-bond acceptors (Lipinski definition) is 4. The minimum Gasteiger partial charge on any atom is -0.494 e. The highest BCUT2D eigenvalue weighted by atomic mass is 16.5. The number of carbonyl (C=O) groups excluding carboxylic acids is 1. The largest absolute Gasteiger partial charge is 0.494 e. The number of pyridine rings is 1. The average molecular weight is 260 g/mol. The lowest BCUT2D eigenvalue weighted by Crippen LogP contribution is -2.09. The first-order valence-corrected chi connectivity index (χ1v) is 5.51. The molecule has 0 bridgehead atoms. The Hall–Kier alpha value is -2.63. The zero-order valence-corrected chi connectivity index (χ0v) is 10.4. The number of amides is 1. The van der Waals surface area contributed by atoms with Crippen molar-refractivity contribution in [3.63, 3.8) is 0 Å². The van der Waals surface area contributed by atoms with E-state index in [1.807, 2.05) is 0 Å². The van der Waals surface area contributed by atoms with E-state index in [0.717, 1.165) is 0 Å². The number of hydrogen-bond donors (Lipinski definition) is 2. The third-order valence-electron chi connectivity index (χ3n) is 2.56. The number of fused-ring (bicyclic) bond motifs is 1. The van der Waals surface area contributed by atoms with Gasteiger partial charge in [-0.3, -0.25) is 4.79 Å². The SMILES string of the molecule is COc1cccc2c(C(=O)O)cc(NC(C)=O)nc12. The smallest absolute Gasteiger partial charge is 0.336 e. The molecule has 0 saturated heterocycles. The summed E-state index contributed by atoms with van der Waals surface area (Å²) in [4.78, 5) is 26.5. The molecular formula is C13H12N2O4. The van der Waals surface area contributed by atoms with Gasteiger partial charge in [-0.2, -0.15) is 0 Å². The molecule has 6 heteroatoms. The maximum Gasteiger partial charge on any atom is 0.336 e. The fourth-order valence-electron chi connectivity index (χ4n) is 1.81. The van der Waals surface area contributed by atoms with Crippen LogP contribution < -0.4 is 10.1 Å². The van der Waals surface area contributed by atoms with Crippen molar-refractivity contribution in [3.8, 4) is 5.75 Å². The van der Waals surface area contributed by atoms with E-state index in [1.54, 1.807) is 18.2 Å². The average Bonchev–Trinajstić information content (AvgIpc) is 2.36. The lowest BCUT2D eigenvalue weighted by Gasteiger charge is -2.09. The number of benzene rings is 1. The van der Waals surface area contributed by atoms with E-state index in [2.05, 4.69) is 10.3 Å². The summed E-state index contributed by atoms with van der Waals surface area (Å²) in [6.07, 6.45) is 0. The molecule has 1 aromatic heterocycles. The van der Waals surface area contributed by atoms with Gasteiger partial charge in [-0.1, -0.05) is 12.1 Å². The van der Waals surface area contributed by atoms with Gasteiger partial charge in [-0.05, 0) is 12.1 Å². The predicted octanol–water partition coefficient (Wildman–Crippen LogP) is 1.90. The number of anilines is 1. The molecule has 1 heterocycles. The van der Waals surface area contributed by atoms with Crippen molar-refractivity contribution < 1.29 is 19.4 Å². The first kappa shape index (κ1) is 12.8. The van der Waals surface area contributed by atoms with Gasteiger partial charge < -0.3 is 15.2 Å². The molecule has 1 aromatic carbocycles. The molecule has 98 valence electrons. The van der Waals surface area contributed by atoms with Crippen LogP contribution in [-0.2, 0) is 4.79 Å². The number of para-hydroxylation sites is 1. The Bertz CT molecular complexity index is 667. The van der Waals surface area contributed by atoms with Crippen LogP contribution in [0.15, 0.2) is 24.3 Å². The van der Waals surface area contributed by atoms with Crippen molar-refractivity contribution in [2.45, 2.75) is 6.92 Å². The van der Waals surface area contributed by atoms with Crippen LogP contribution >= 0.6 is 0 Å². The lowest BCUT2D eigenvalue weighted by molar-refractivity contribution is -0.114. The van der Waals surface area contributed by atoms with Gasteiger partial charge in [-0.15, -0.1) is 0 Å². The van der Waals surface area contributed by atoms with Crippen LogP contribution in [0.4, 0.5) is 5.82 Å². The molecule has 0 unspecified atom stereocenters. The number of carbonyl (C=O) groups is 2. The number of carboxylic acid groups (broad SMARTS) is 1. The van der Waals surface area contributed by atoms with E-state index in [0.29, 0.717) is 16.7 Å². The summed E-state index contributed by atoms with van der Waals surface area (Å²) in [6, 6.07) is 6.34. The molecule has 0 fully saturated rings. The van der Waals surface area contributed by atoms with Gasteiger partial charge in [0.25, 0.3) is 0 Å². The number of ether oxygens (including phenoxy) is 1. The van der Waals surface area contributed by atoms with E-state index in [4.69, 9.17) is 4.74 Å². The van der Waals surface area contributed by atoms with Gasteiger partial charge in [0.1, 0.15) is 17.1 Å². The molecule has 0 saturated carbocycles. The highest BCUT2D eigenvalue weighted by molar-refractivity contribution is 6.05. The topological polar surface area (TPSA) is 88.5 Å². The second-order valence-electron chi connectivity index (χ2n) is 3.90. The van der Waals surface area contributed by atoms with Crippen molar-refractivity contribution in [2.24, 2.45) is 0 Å². The molecule has 0 aliphatic heterocycles. The summed E-state index contributed by atoms with van der Waals surface area (Å²) in [5.41, 5.74) is 0.460. The zero-order valence-electron chi connectivity index (χ0n) is 10.4. The Morgan fingerprint density at radius 2 is 2.11 bits per heavy atom. The number of nitrogens with one attached hydrogen (secondary N) is 1. The van der Waals surface area contributed by atoms with E-state index < -0.39 is 5.97 Å². The van der Waals surface area contributed by atoms with E-state index in [9.17, 15) is 14.7 Å². The second kappa shape index (κ2) is 4.93. The van der Waals surface area contributed by atoms with Gasteiger partial charge in [0, 0.05) is 12.3 Å². The van der Waals surface area contributed by atoms with Crippen molar-refractivity contribution in [3.05, 3.63) is 29.8 Å². The molecule has 0 atom stereocenters. The Balaban J connectivity index is 2.75. The molecule has 2 rings (SSSR count). The first-order chi connectivity index (χ1) is 9.02. The normalized spacial score (nSPS) is 10.2. The van der Waals surface area contributed by atoms with Crippen LogP contribution in [0.1, 0.15) is 17.3 Å². The molecule has 2 N–H and O–H groups in total. The maximum absolute atomic E-state index is 11.3. The van der Waals surface area contributed by atoms with E-state index in [-0.39, 0.29) is 17.3 Å². The van der Waals surface area contributed by atoms with Gasteiger partial charge in [0.15, 0.2) is 0 Å². The fourth-order valence-corrected chi connectivity index (χ4v) is 1.81. The van der Waals surface area contributed by atoms with Crippen molar-refractivity contribution in [1.29, 1.82) is 0 Å². The summed E-state index contributed by atoms with van der Waals surface area (Å²) in [5.74, 6) is -0.778. The van der Waals surface area contributed by atoms with Gasteiger partial charge >= 0.3 is 5.97 Å². The summed E-state index contributed by atoms with van der Waals surface area (Å²) in [6.45, 7) is 1.33. The van der Waals surface area contributed by atoms with E-state index >= 15 is 0 Å². The molecule has 19 heavy (non-hydrogen) atoms. The van der Waals surface area contributed by atoms with Crippen LogP contribution in [0.25, 0.3) is 10.9 Å².